The van der Waals surface area contributed by atoms with Gasteiger partial charge in [0.1, 0.15) is 30.5 Å². The molecule has 0 atom stereocenters. The van der Waals surface area contributed by atoms with Crippen molar-refractivity contribution in [3.05, 3.63) is 84.4 Å². The number of para-hydroxylation sites is 2. The van der Waals surface area contributed by atoms with Crippen LogP contribution in [0.25, 0.3) is 0 Å². The quantitative estimate of drug-likeness (QED) is 0.445. The zero-order valence-corrected chi connectivity index (χ0v) is 16.3. The molecule has 0 amide bonds. The van der Waals surface area contributed by atoms with E-state index in [9.17, 15) is 0 Å². The van der Waals surface area contributed by atoms with Gasteiger partial charge in [0.05, 0.1) is 6.61 Å². The van der Waals surface area contributed by atoms with Gasteiger partial charge in [-0.15, -0.1) is 0 Å². The van der Waals surface area contributed by atoms with Crippen molar-refractivity contribution in [2.75, 3.05) is 25.1 Å². The average molecular weight is 377 g/mol. The Morgan fingerprint density at radius 2 is 1.29 bits per heavy atom. The molecule has 3 aromatic carbocycles. The van der Waals surface area contributed by atoms with Crippen LogP contribution < -0.4 is 19.5 Å². The lowest BCUT2D eigenvalue weighted by Gasteiger charge is -2.13. The highest BCUT2D eigenvalue weighted by molar-refractivity contribution is 5.48. The van der Waals surface area contributed by atoms with E-state index in [1.165, 1.54) is 0 Å². The van der Waals surface area contributed by atoms with E-state index in [0.29, 0.717) is 19.8 Å². The van der Waals surface area contributed by atoms with Gasteiger partial charge in [-0.05, 0) is 48.9 Å². The molecule has 3 aromatic rings. The fraction of sp³-hybridized carbons (Fsp3) is 0.250. The first kappa shape index (κ1) is 19.6. The summed E-state index contributed by atoms with van der Waals surface area (Å²) < 4.78 is 17.2. The predicted molar refractivity (Wildman–Crippen MR) is 113 cm³/mol. The molecule has 0 bridgehead atoms. The summed E-state index contributed by atoms with van der Waals surface area (Å²) in [5.41, 5.74) is 2.15. The molecule has 0 radical (unpaired) electrons. The second kappa shape index (κ2) is 10.9. The summed E-state index contributed by atoms with van der Waals surface area (Å²) in [6.45, 7) is 4.53. The molecule has 4 heteroatoms. The number of anilines is 1. The van der Waals surface area contributed by atoms with Crippen molar-refractivity contribution in [1.82, 2.24) is 0 Å². The van der Waals surface area contributed by atoms with E-state index in [0.717, 1.165) is 41.5 Å². The molecular formula is C24H27NO3. The van der Waals surface area contributed by atoms with Crippen molar-refractivity contribution in [1.29, 1.82) is 0 Å². The molecule has 0 aliphatic carbocycles. The number of nitrogens with one attached hydrogen (secondary N) is 1. The number of benzene rings is 3. The summed E-state index contributed by atoms with van der Waals surface area (Å²) in [6.07, 6.45) is 1.01. The Labute approximate surface area is 167 Å². The summed E-state index contributed by atoms with van der Waals surface area (Å²) >= 11 is 0. The van der Waals surface area contributed by atoms with Crippen LogP contribution >= 0.6 is 0 Å². The van der Waals surface area contributed by atoms with Gasteiger partial charge in [-0.1, -0.05) is 43.3 Å². The summed E-state index contributed by atoms with van der Waals surface area (Å²) in [7, 11) is 0. The highest BCUT2D eigenvalue weighted by Gasteiger charge is 2.04. The third kappa shape index (κ3) is 6.23. The summed E-state index contributed by atoms with van der Waals surface area (Å²) in [5.74, 6) is 2.62. The van der Waals surface area contributed by atoms with Crippen LogP contribution in [0.3, 0.4) is 0 Å². The number of rotatable bonds is 11. The molecule has 0 saturated carbocycles. The van der Waals surface area contributed by atoms with Gasteiger partial charge in [0.25, 0.3) is 0 Å². The van der Waals surface area contributed by atoms with E-state index in [1.807, 2.05) is 72.8 Å². The first-order valence-electron chi connectivity index (χ1n) is 9.70. The van der Waals surface area contributed by atoms with Crippen LogP contribution in [0.15, 0.2) is 78.9 Å². The maximum absolute atomic E-state index is 5.93. The molecule has 0 unspecified atom stereocenters. The normalized spacial score (nSPS) is 10.3. The Balaban J connectivity index is 1.48. The highest BCUT2D eigenvalue weighted by atomic mass is 16.5. The van der Waals surface area contributed by atoms with E-state index < -0.39 is 0 Å². The van der Waals surface area contributed by atoms with Crippen molar-refractivity contribution < 1.29 is 14.2 Å². The molecule has 4 nitrogen and oxygen atoms in total. The lowest BCUT2D eigenvalue weighted by Crippen LogP contribution is -2.10. The Hall–Kier alpha value is -3.14. The minimum atomic E-state index is 0.495. The zero-order valence-electron chi connectivity index (χ0n) is 16.3. The maximum Gasteiger partial charge on any atom is 0.124 e. The Kier molecular flexibility index (Phi) is 7.62. The standard InChI is InChI=1S/C24H27NO3/c1-2-16-26-23-14-12-21(13-15-23)25-19-20-8-6-7-11-24(20)28-18-17-27-22-9-4-3-5-10-22/h3-15,25H,2,16-19H2,1H3. The third-order valence-corrected chi connectivity index (χ3v) is 4.14. The number of hydrogen-bond acceptors (Lipinski definition) is 4. The molecule has 0 saturated heterocycles. The molecule has 0 aromatic heterocycles. The van der Waals surface area contributed by atoms with Crippen LogP contribution in [0.2, 0.25) is 0 Å². The highest BCUT2D eigenvalue weighted by Crippen LogP contribution is 2.21. The second-order valence-electron chi connectivity index (χ2n) is 6.34. The number of ether oxygens (including phenoxy) is 3. The van der Waals surface area contributed by atoms with Crippen molar-refractivity contribution in [3.63, 3.8) is 0 Å². The molecule has 3 rings (SSSR count). The summed E-state index contributed by atoms with van der Waals surface area (Å²) in [4.78, 5) is 0. The second-order valence-corrected chi connectivity index (χ2v) is 6.34. The molecular weight excluding hydrogens is 350 g/mol. The minimum absolute atomic E-state index is 0.495. The van der Waals surface area contributed by atoms with E-state index in [1.54, 1.807) is 0 Å². The zero-order chi connectivity index (χ0) is 19.4. The van der Waals surface area contributed by atoms with Crippen LogP contribution in [0, 0.1) is 0 Å². The largest absolute Gasteiger partial charge is 0.494 e. The van der Waals surface area contributed by atoms with Gasteiger partial charge in [0.2, 0.25) is 0 Å². The summed E-state index contributed by atoms with van der Waals surface area (Å²) in [5, 5.41) is 3.43. The minimum Gasteiger partial charge on any atom is -0.494 e. The van der Waals surface area contributed by atoms with E-state index in [4.69, 9.17) is 14.2 Å². The average Bonchev–Trinajstić information content (AvgIpc) is 2.76. The van der Waals surface area contributed by atoms with Gasteiger partial charge in [0.15, 0.2) is 0 Å². The first-order chi connectivity index (χ1) is 13.8. The van der Waals surface area contributed by atoms with Gasteiger partial charge in [0, 0.05) is 17.8 Å². The monoisotopic (exact) mass is 377 g/mol. The van der Waals surface area contributed by atoms with Gasteiger partial charge < -0.3 is 19.5 Å². The molecule has 0 fully saturated rings. The first-order valence-corrected chi connectivity index (χ1v) is 9.70. The van der Waals surface area contributed by atoms with Crippen LogP contribution in [-0.4, -0.2) is 19.8 Å². The lowest BCUT2D eigenvalue weighted by atomic mass is 10.2. The van der Waals surface area contributed by atoms with Crippen LogP contribution in [0.4, 0.5) is 5.69 Å². The van der Waals surface area contributed by atoms with Crippen molar-refractivity contribution in [3.8, 4) is 17.2 Å². The molecule has 1 N–H and O–H groups in total. The Bertz CT molecular complexity index is 819. The van der Waals surface area contributed by atoms with Gasteiger partial charge in [-0.2, -0.15) is 0 Å². The molecule has 0 spiro atoms. The topological polar surface area (TPSA) is 39.7 Å². The van der Waals surface area contributed by atoms with Crippen LogP contribution in [-0.2, 0) is 6.54 Å². The Morgan fingerprint density at radius 3 is 2.07 bits per heavy atom. The molecule has 0 heterocycles. The molecule has 0 aliphatic heterocycles. The van der Waals surface area contributed by atoms with E-state index in [-0.39, 0.29) is 0 Å². The van der Waals surface area contributed by atoms with E-state index in [2.05, 4.69) is 18.3 Å². The predicted octanol–water partition coefficient (Wildman–Crippen LogP) is 5.55. The van der Waals surface area contributed by atoms with E-state index >= 15 is 0 Å². The fourth-order valence-electron chi connectivity index (χ4n) is 2.70. The molecule has 28 heavy (non-hydrogen) atoms. The molecule has 146 valence electrons. The number of hydrogen-bond donors (Lipinski definition) is 1. The van der Waals surface area contributed by atoms with Crippen molar-refractivity contribution in [2.24, 2.45) is 0 Å². The van der Waals surface area contributed by atoms with Crippen LogP contribution in [0.5, 0.6) is 17.2 Å². The summed E-state index contributed by atoms with van der Waals surface area (Å²) in [6, 6.07) is 25.9. The third-order valence-electron chi connectivity index (χ3n) is 4.14. The smallest absolute Gasteiger partial charge is 0.124 e. The fourth-order valence-corrected chi connectivity index (χ4v) is 2.70. The maximum atomic E-state index is 5.93. The SMILES string of the molecule is CCCOc1ccc(NCc2ccccc2OCCOc2ccccc2)cc1. The molecule has 0 aliphatic rings. The van der Waals surface area contributed by atoms with Crippen molar-refractivity contribution >= 4 is 5.69 Å². The van der Waals surface area contributed by atoms with Gasteiger partial charge >= 0.3 is 0 Å². The lowest BCUT2D eigenvalue weighted by molar-refractivity contribution is 0.216. The van der Waals surface area contributed by atoms with Gasteiger partial charge in [-0.25, -0.2) is 0 Å². The van der Waals surface area contributed by atoms with Crippen LogP contribution in [0.1, 0.15) is 18.9 Å². The Morgan fingerprint density at radius 1 is 0.643 bits per heavy atom. The van der Waals surface area contributed by atoms with Crippen molar-refractivity contribution in [2.45, 2.75) is 19.9 Å². The van der Waals surface area contributed by atoms with Gasteiger partial charge in [-0.3, -0.25) is 0 Å².